The standard InChI is InChI=1S/C21H28N2O4/c1-13-6-9-18(17(24)12-13)26-11-10-15-7-8-16(22)19(14(15)2)23-20(25)27-21(3,4)5/h6-9,12,24H,10-11,22H2,1-5H3,(H,23,25). The van der Waals surface area contributed by atoms with Gasteiger partial charge in [0.15, 0.2) is 11.5 Å². The molecule has 6 nitrogen and oxygen atoms in total. The SMILES string of the molecule is Cc1ccc(OCCc2ccc(N)c(NC(=O)OC(C)(C)C)c2C)c(O)c1. The molecule has 2 aromatic carbocycles. The van der Waals surface area contributed by atoms with Crippen molar-refractivity contribution < 1.29 is 19.4 Å². The molecule has 0 aliphatic heterocycles. The molecular weight excluding hydrogens is 344 g/mol. The van der Waals surface area contributed by atoms with Crippen molar-refractivity contribution in [3.05, 3.63) is 47.0 Å². The highest BCUT2D eigenvalue weighted by atomic mass is 16.6. The summed E-state index contributed by atoms with van der Waals surface area (Å²) in [4.78, 5) is 12.1. The quantitative estimate of drug-likeness (QED) is 0.669. The Labute approximate surface area is 160 Å². The maximum Gasteiger partial charge on any atom is 0.412 e. The minimum absolute atomic E-state index is 0.122. The van der Waals surface area contributed by atoms with Gasteiger partial charge >= 0.3 is 6.09 Å². The summed E-state index contributed by atoms with van der Waals surface area (Å²) < 4.78 is 11.0. The number of ether oxygens (including phenoxy) is 2. The van der Waals surface area contributed by atoms with E-state index in [1.54, 1.807) is 39.0 Å². The summed E-state index contributed by atoms with van der Waals surface area (Å²) in [5.41, 5.74) is 9.26. The van der Waals surface area contributed by atoms with Gasteiger partial charge in [-0.05, 0) is 69.5 Å². The second-order valence-electron chi connectivity index (χ2n) is 7.51. The summed E-state index contributed by atoms with van der Waals surface area (Å²) in [6.07, 6.45) is 0.0536. The topological polar surface area (TPSA) is 93.8 Å². The van der Waals surface area contributed by atoms with E-state index in [1.807, 2.05) is 26.0 Å². The maximum atomic E-state index is 12.1. The number of nitrogens with one attached hydrogen (secondary N) is 1. The average Bonchev–Trinajstić information content (AvgIpc) is 2.54. The minimum atomic E-state index is -0.589. The van der Waals surface area contributed by atoms with Gasteiger partial charge in [-0.3, -0.25) is 5.32 Å². The van der Waals surface area contributed by atoms with Gasteiger partial charge in [0.25, 0.3) is 0 Å². The van der Waals surface area contributed by atoms with E-state index < -0.39 is 11.7 Å². The smallest absolute Gasteiger partial charge is 0.412 e. The Balaban J connectivity index is 2.06. The van der Waals surface area contributed by atoms with Gasteiger partial charge in [0.2, 0.25) is 0 Å². The van der Waals surface area contributed by atoms with Gasteiger partial charge in [0, 0.05) is 6.42 Å². The van der Waals surface area contributed by atoms with Crippen molar-refractivity contribution in [1.82, 2.24) is 0 Å². The molecule has 0 saturated heterocycles. The van der Waals surface area contributed by atoms with Crippen molar-refractivity contribution in [3.8, 4) is 11.5 Å². The van der Waals surface area contributed by atoms with Crippen LogP contribution in [-0.4, -0.2) is 23.4 Å². The van der Waals surface area contributed by atoms with Gasteiger partial charge in [-0.15, -0.1) is 0 Å². The van der Waals surface area contributed by atoms with Crippen molar-refractivity contribution >= 4 is 17.5 Å². The third-order valence-corrected chi connectivity index (χ3v) is 3.98. The van der Waals surface area contributed by atoms with Gasteiger partial charge in [0.05, 0.1) is 18.0 Å². The maximum absolute atomic E-state index is 12.1. The largest absolute Gasteiger partial charge is 0.504 e. The van der Waals surface area contributed by atoms with Gasteiger partial charge in [-0.1, -0.05) is 12.1 Å². The van der Waals surface area contributed by atoms with Crippen molar-refractivity contribution in [2.75, 3.05) is 17.7 Å². The van der Waals surface area contributed by atoms with Crippen molar-refractivity contribution in [1.29, 1.82) is 0 Å². The van der Waals surface area contributed by atoms with Crippen LogP contribution < -0.4 is 15.8 Å². The van der Waals surface area contributed by atoms with E-state index in [1.165, 1.54) is 0 Å². The number of aryl methyl sites for hydroxylation is 1. The molecule has 6 heteroatoms. The molecule has 4 N–H and O–H groups in total. The van der Waals surface area contributed by atoms with Crippen molar-refractivity contribution in [2.45, 2.75) is 46.6 Å². The molecule has 146 valence electrons. The Morgan fingerprint density at radius 2 is 1.89 bits per heavy atom. The van der Waals surface area contributed by atoms with Gasteiger partial charge < -0.3 is 20.3 Å². The molecule has 2 aromatic rings. The number of carbonyl (C=O) groups is 1. The number of nitrogens with two attached hydrogens (primary N) is 1. The second-order valence-corrected chi connectivity index (χ2v) is 7.51. The number of hydrogen-bond donors (Lipinski definition) is 3. The zero-order valence-corrected chi connectivity index (χ0v) is 16.6. The van der Waals surface area contributed by atoms with Gasteiger partial charge in [-0.25, -0.2) is 4.79 Å². The van der Waals surface area contributed by atoms with Crippen molar-refractivity contribution in [2.24, 2.45) is 0 Å². The number of nitrogen functional groups attached to an aromatic ring is 1. The Hall–Kier alpha value is -2.89. The minimum Gasteiger partial charge on any atom is -0.504 e. The first-order valence-corrected chi connectivity index (χ1v) is 8.87. The summed E-state index contributed by atoms with van der Waals surface area (Å²) in [5.74, 6) is 0.567. The molecule has 27 heavy (non-hydrogen) atoms. The molecule has 1 amide bonds. The molecule has 0 bridgehead atoms. The van der Waals surface area contributed by atoms with Crippen LogP contribution in [-0.2, 0) is 11.2 Å². The zero-order valence-electron chi connectivity index (χ0n) is 16.6. The number of carbonyl (C=O) groups excluding carboxylic acids is 1. The molecule has 0 unspecified atom stereocenters. The number of anilines is 2. The summed E-state index contributed by atoms with van der Waals surface area (Å²) in [7, 11) is 0. The molecule has 0 heterocycles. The predicted octanol–water partition coefficient (Wildman–Crippen LogP) is 4.56. The van der Waals surface area contributed by atoms with E-state index in [2.05, 4.69) is 5.32 Å². The molecule has 0 aliphatic carbocycles. The molecule has 0 radical (unpaired) electrons. The number of phenols is 1. The van der Waals surface area contributed by atoms with Crippen LogP contribution in [0.2, 0.25) is 0 Å². The fourth-order valence-corrected chi connectivity index (χ4v) is 2.64. The Morgan fingerprint density at radius 1 is 1.19 bits per heavy atom. The molecule has 0 saturated carbocycles. The molecule has 0 fully saturated rings. The number of benzene rings is 2. The van der Waals surface area contributed by atoms with E-state index >= 15 is 0 Å². The lowest BCUT2D eigenvalue weighted by Crippen LogP contribution is -2.27. The van der Waals surface area contributed by atoms with Crippen LogP contribution in [0.5, 0.6) is 11.5 Å². The molecule has 2 rings (SSSR count). The normalized spacial score (nSPS) is 11.1. The molecule has 0 spiro atoms. The third kappa shape index (κ3) is 5.81. The Kier molecular flexibility index (Phi) is 6.20. The Morgan fingerprint density at radius 3 is 2.52 bits per heavy atom. The second kappa shape index (κ2) is 8.20. The van der Waals surface area contributed by atoms with Gasteiger partial charge in [0.1, 0.15) is 5.60 Å². The number of rotatable bonds is 5. The van der Waals surface area contributed by atoms with E-state index in [9.17, 15) is 9.90 Å². The van der Waals surface area contributed by atoms with Crippen LogP contribution in [0.25, 0.3) is 0 Å². The lowest BCUT2D eigenvalue weighted by atomic mass is 10.0. The summed E-state index contributed by atoms with van der Waals surface area (Å²) in [5, 5.41) is 12.6. The molecule has 0 atom stereocenters. The first-order chi connectivity index (χ1) is 12.6. The van der Waals surface area contributed by atoms with Crippen LogP contribution in [0.15, 0.2) is 30.3 Å². The third-order valence-electron chi connectivity index (χ3n) is 3.98. The highest BCUT2D eigenvalue weighted by molar-refractivity contribution is 5.90. The first kappa shape index (κ1) is 20.4. The van der Waals surface area contributed by atoms with Crippen molar-refractivity contribution in [3.63, 3.8) is 0 Å². The first-order valence-electron chi connectivity index (χ1n) is 8.87. The lowest BCUT2D eigenvalue weighted by Gasteiger charge is -2.21. The van der Waals surface area contributed by atoms with E-state index in [-0.39, 0.29) is 5.75 Å². The zero-order chi connectivity index (χ0) is 20.2. The number of amides is 1. The fraction of sp³-hybridized carbons (Fsp3) is 0.381. The highest BCUT2D eigenvalue weighted by Gasteiger charge is 2.18. The van der Waals surface area contributed by atoms with E-state index in [0.29, 0.717) is 30.2 Å². The van der Waals surface area contributed by atoms with E-state index in [4.69, 9.17) is 15.2 Å². The molecular formula is C21H28N2O4. The number of phenolic OH excluding ortho intramolecular Hbond substituents is 1. The van der Waals surface area contributed by atoms with Gasteiger partial charge in [-0.2, -0.15) is 0 Å². The van der Waals surface area contributed by atoms with Crippen LogP contribution in [0.4, 0.5) is 16.2 Å². The van der Waals surface area contributed by atoms with Crippen LogP contribution in [0.1, 0.15) is 37.5 Å². The predicted molar refractivity (Wildman–Crippen MR) is 107 cm³/mol. The van der Waals surface area contributed by atoms with E-state index in [0.717, 1.165) is 16.7 Å². The number of aromatic hydroxyl groups is 1. The Bertz CT molecular complexity index is 826. The summed E-state index contributed by atoms with van der Waals surface area (Å²) in [6.45, 7) is 9.58. The highest BCUT2D eigenvalue weighted by Crippen LogP contribution is 2.29. The summed E-state index contributed by atoms with van der Waals surface area (Å²) in [6, 6.07) is 8.94. The molecule has 0 aromatic heterocycles. The molecule has 0 aliphatic rings. The average molecular weight is 372 g/mol. The fourth-order valence-electron chi connectivity index (χ4n) is 2.64. The summed E-state index contributed by atoms with van der Waals surface area (Å²) >= 11 is 0. The van der Waals surface area contributed by atoms with Crippen LogP contribution >= 0.6 is 0 Å². The lowest BCUT2D eigenvalue weighted by molar-refractivity contribution is 0.0636. The number of hydrogen-bond acceptors (Lipinski definition) is 5. The van der Waals surface area contributed by atoms with Crippen LogP contribution in [0, 0.1) is 13.8 Å². The van der Waals surface area contributed by atoms with Crippen LogP contribution in [0.3, 0.4) is 0 Å². The monoisotopic (exact) mass is 372 g/mol.